The minimum Gasteiger partial charge on any atom is -0.310 e. The molecule has 11 rings (SSSR count). The molecule has 0 fully saturated rings. The summed E-state index contributed by atoms with van der Waals surface area (Å²) in [5.74, 6) is 0. The van der Waals surface area contributed by atoms with Crippen molar-refractivity contribution in [2.45, 2.75) is 33.1 Å². The Morgan fingerprint density at radius 3 is 1.16 bits per heavy atom. The van der Waals surface area contributed by atoms with Crippen LogP contribution in [0.5, 0.6) is 0 Å². The third-order valence-corrected chi connectivity index (χ3v) is 13.6. The lowest BCUT2D eigenvalue weighted by atomic mass is 9.82. The van der Waals surface area contributed by atoms with Crippen molar-refractivity contribution < 1.29 is 0 Å². The summed E-state index contributed by atoms with van der Waals surface area (Å²) in [5, 5.41) is 7.63. The fourth-order valence-corrected chi connectivity index (χ4v) is 10.4. The van der Waals surface area contributed by atoms with Gasteiger partial charge in [-0.2, -0.15) is 0 Å². The number of fused-ring (bicyclic) bond motifs is 7. The van der Waals surface area contributed by atoms with E-state index in [0.29, 0.717) is 0 Å². The molecule has 0 aliphatic heterocycles. The fraction of sp³-hybridized carbons (Fsp3) is 0.0794. The van der Waals surface area contributed by atoms with Gasteiger partial charge in [0, 0.05) is 22.5 Å². The van der Waals surface area contributed by atoms with Gasteiger partial charge < -0.3 is 4.90 Å². The Bertz CT molecular complexity index is 3410. The molecule has 10 aromatic carbocycles. The summed E-state index contributed by atoms with van der Waals surface area (Å²) in [6, 6.07) is 78.2. The van der Waals surface area contributed by atoms with Crippen LogP contribution in [0.1, 0.15) is 38.8 Å². The topological polar surface area (TPSA) is 3.24 Å². The van der Waals surface area contributed by atoms with Crippen LogP contribution in [0.25, 0.3) is 82.4 Å². The number of allylic oxidation sites excluding steroid dienone is 4. The molecule has 0 bridgehead atoms. The Morgan fingerprint density at radius 1 is 0.328 bits per heavy atom. The van der Waals surface area contributed by atoms with E-state index in [1.807, 2.05) is 0 Å². The van der Waals surface area contributed by atoms with Gasteiger partial charge in [0.2, 0.25) is 0 Å². The van der Waals surface area contributed by atoms with Crippen molar-refractivity contribution in [2.24, 2.45) is 0 Å². The molecule has 1 aliphatic rings. The second kappa shape index (κ2) is 15.9. The largest absolute Gasteiger partial charge is 0.310 e. The minimum atomic E-state index is -0.0996. The summed E-state index contributed by atoms with van der Waals surface area (Å²) in [6.07, 6.45) is 4.55. The van der Waals surface area contributed by atoms with Gasteiger partial charge in [0.15, 0.2) is 0 Å². The molecule has 0 amide bonds. The van der Waals surface area contributed by atoms with E-state index in [4.69, 9.17) is 0 Å². The average molecular weight is 820 g/mol. The molecular formula is C63H49N. The predicted octanol–water partition coefficient (Wildman–Crippen LogP) is 17.9. The molecule has 0 atom stereocenters. The minimum absolute atomic E-state index is 0.0996. The molecule has 0 saturated heterocycles. The van der Waals surface area contributed by atoms with Crippen LogP contribution in [0.2, 0.25) is 0 Å². The van der Waals surface area contributed by atoms with Crippen LogP contribution < -0.4 is 4.90 Å². The van der Waals surface area contributed by atoms with Crippen molar-refractivity contribution in [1.29, 1.82) is 0 Å². The number of hydrogen-bond acceptors (Lipinski definition) is 1. The molecule has 10 aromatic rings. The van der Waals surface area contributed by atoms with Crippen molar-refractivity contribution in [3.8, 4) is 44.5 Å². The van der Waals surface area contributed by atoms with Crippen LogP contribution in [0.3, 0.4) is 0 Å². The summed E-state index contributed by atoms with van der Waals surface area (Å²) in [4.78, 5) is 2.41. The molecule has 1 nitrogen and oxygen atoms in total. The zero-order valence-corrected chi connectivity index (χ0v) is 36.8. The lowest BCUT2D eigenvalue weighted by molar-refractivity contribution is 0.659. The fourth-order valence-electron chi connectivity index (χ4n) is 10.4. The van der Waals surface area contributed by atoms with Crippen LogP contribution in [0.15, 0.2) is 230 Å². The summed E-state index contributed by atoms with van der Waals surface area (Å²) in [5.41, 5.74) is 18.4. The maximum Gasteiger partial charge on any atom is 0.0465 e. The Labute approximate surface area is 376 Å². The van der Waals surface area contributed by atoms with E-state index < -0.39 is 0 Å². The van der Waals surface area contributed by atoms with E-state index in [9.17, 15) is 0 Å². The van der Waals surface area contributed by atoms with E-state index >= 15 is 0 Å². The first kappa shape index (κ1) is 39.1. The molecule has 0 unspecified atom stereocenters. The average Bonchev–Trinajstić information content (AvgIpc) is 3.59. The van der Waals surface area contributed by atoms with Gasteiger partial charge in [0.05, 0.1) is 0 Å². The number of anilines is 3. The third-order valence-electron chi connectivity index (χ3n) is 13.6. The van der Waals surface area contributed by atoms with Gasteiger partial charge in [-0.15, -0.1) is 0 Å². The van der Waals surface area contributed by atoms with Gasteiger partial charge in [-0.05, 0) is 161 Å². The number of rotatable bonds is 7. The second-order valence-electron chi connectivity index (χ2n) is 17.6. The zero-order chi connectivity index (χ0) is 43.4. The van der Waals surface area contributed by atoms with Crippen LogP contribution in [0, 0.1) is 0 Å². The van der Waals surface area contributed by atoms with E-state index in [2.05, 4.69) is 257 Å². The van der Waals surface area contributed by atoms with E-state index in [1.165, 1.54) is 99.1 Å². The van der Waals surface area contributed by atoms with Crippen molar-refractivity contribution in [1.82, 2.24) is 0 Å². The molecule has 306 valence electrons. The monoisotopic (exact) mass is 819 g/mol. The van der Waals surface area contributed by atoms with Crippen molar-refractivity contribution in [2.75, 3.05) is 4.90 Å². The summed E-state index contributed by atoms with van der Waals surface area (Å²) < 4.78 is 0. The van der Waals surface area contributed by atoms with Crippen LogP contribution >= 0.6 is 0 Å². The summed E-state index contributed by atoms with van der Waals surface area (Å²) >= 11 is 0. The molecule has 1 aliphatic carbocycles. The highest BCUT2D eigenvalue weighted by molar-refractivity contribution is 6.26. The maximum atomic E-state index is 2.41. The number of hydrogen-bond donors (Lipinski definition) is 0. The molecule has 0 aromatic heterocycles. The zero-order valence-electron chi connectivity index (χ0n) is 36.8. The molecular weight excluding hydrogens is 771 g/mol. The molecule has 1 heteroatoms. The molecule has 0 spiro atoms. The van der Waals surface area contributed by atoms with Gasteiger partial charge in [0.1, 0.15) is 0 Å². The molecule has 0 saturated carbocycles. The van der Waals surface area contributed by atoms with E-state index in [1.54, 1.807) is 0 Å². The first-order valence-electron chi connectivity index (χ1n) is 22.5. The lowest BCUT2D eigenvalue weighted by Gasteiger charge is -2.28. The van der Waals surface area contributed by atoms with Gasteiger partial charge >= 0.3 is 0 Å². The van der Waals surface area contributed by atoms with Crippen molar-refractivity contribution in [3.05, 3.63) is 241 Å². The van der Waals surface area contributed by atoms with Gasteiger partial charge in [-0.3, -0.25) is 0 Å². The van der Waals surface area contributed by atoms with E-state index in [0.717, 1.165) is 17.1 Å². The summed E-state index contributed by atoms with van der Waals surface area (Å²) in [6.45, 7) is 9.03. The first-order valence-corrected chi connectivity index (χ1v) is 22.5. The van der Waals surface area contributed by atoms with Crippen molar-refractivity contribution >= 4 is 55.0 Å². The Kier molecular flexibility index (Phi) is 9.70. The molecule has 0 N–H and O–H groups in total. The van der Waals surface area contributed by atoms with Crippen LogP contribution in [0.4, 0.5) is 17.1 Å². The number of benzene rings is 10. The Morgan fingerprint density at radius 2 is 0.703 bits per heavy atom. The SMILES string of the molecule is C/C=C1\C(=C/C)c2ccc(N(c3ccc(-c4ccccc4)cc3)c3ccc(-c4ccc5c6ccc(-c7ccc(-c8ccccc8)cc7)cc6c6ccccc6c5c4)cc3)cc2C1(C)C. The Hall–Kier alpha value is -7.74. The Balaban J connectivity index is 0.974. The molecule has 64 heavy (non-hydrogen) atoms. The van der Waals surface area contributed by atoms with Crippen LogP contribution in [-0.2, 0) is 5.41 Å². The normalized spacial score (nSPS) is 14.4. The van der Waals surface area contributed by atoms with Gasteiger partial charge in [0.25, 0.3) is 0 Å². The molecule has 0 radical (unpaired) electrons. The quantitative estimate of drug-likeness (QED) is 0.145. The van der Waals surface area contributed by atoms with Crippen LogP contribution in [-0.4, -0.2) is 0 Å². The first-order chi connectivity index (χ1) is 31.4. The highest BCUT2D eigenvalue weighted by Gasteiger charge is 2.37. The highest BCUT2D eigenvalue weighted by Crippen LogP contribution is 2.51. The highest BCUT2D eigenvalue weighted by atomic mass is 15.1. The molecule has 0 heterocycles. The van der Waals surface area contributed by atoms with Gasteiger partial charge in [-0.25, -0.2) is 0 Å². The number of nitrogens with zero attached hydrogens (tertiary/aromatic N) is 1. The smallest absolute Gasteiger partial charge is 0.0465 e. The van der Waals surface area contributed by atoms with Gasteiger partial charge in [-0.1, -0.05) is 190 Å². The lowest BCUT2D eigenvalue weighted by Crippen LogP contribution is -2.16. The standard InChI is InChI=1S/C63H49N/c1-5-53-58-38-35-52(41-62(58)63(3,4)61(53)6-2)64(50-31-25-45(26-32-50)43-17-11-8-12-18-43)51-33-27-47(28-34-51)49-30-37-57-56-36-29-48(39-59(56)54-19-13-14-20-55(54)60(57)40-49)46-23-21-44(22-24-46)42-15-9-7-10-16-42/h5-41H,1-4H3/b53-5-,61-6+. The van der Waals surface area contributed by atoms with Crippen molar-refractivity contribution in [3.63, 3.8) is 0 Å². The maximum absolute atomic E-state index is 2.41. The second-order valence-corrected chi connectivity index (χ2v) is 17.6. The third kappa shape index (κ3) is 6.64. The van der Waals surface area contributed by atoms with E-state index in [-0.39, 0.29) is 5.41 Å². The summed E-state index contributed by atoms with van der Waals surface area (Å²) in [7, 11) is 0. The predicted molar refractivity (Wildman–Crippen MR) is 276 cm³/mol.